The molecule has 1 rings (SSSR count). The van der Waals surface area contributed by atoms with Crippen LogP contribution in [0.15, 0.2) is 0 Å². The molecule has 0 aliphatic carbocycles. The van der Waals surface area contributed by atoms with E-state index in [-0.39, 0.29) is 18.1 Å². The van der Waals surface area contributed by atoms with Crippen LogP contribution in [0.3, 0.4) is 0 Å². The van der Waals surface area contributed by atoms with E-state index < -0.39 is 5.54 Å². The SMILES string of the molecule is CCC(C)(N)C(=O)N(C)C1CCOC1C. The van der Waals surface area contributed by atoms with Crippen molar-refractivity contribution in [1.82, 2.24) is 4.90 Å². The van der Waals surface area contributed by atoms with Crippen molar-refractivity contribution < 1.29 is 9.53 Å². The molecular weight excluding hydrogens is 192 g/mol. The molecule has 1 saturated heterocycles. The number of hydrogen-bond donors (Lipinski definition) is 1. The Bertz CT molecular complexity index is 241. The van der Waals surface area contributed by atoms with E-state index in [1.165, 1.54) is 0 Å². The van der Waals surface area contributed by atoms with Crippen LogP contribution in [0.25, 0.3) is 0 Å². The van der Waals surface area contributed by atoms with Crippen molar-refractivity contribution in [2.45, 2.75) is 51.3 Å². The van der Waals surface area contributed by atoms with E-state index in [1.54, 1.807) is 11.8 Å². The summed E-state index contributed by atoms with van der Waals surface area (Å²) < 4.78 is 5.45. The van der Waals surface area contributed by atoms with E-state index >= 15 is 0 Å². The summed E-state index contributed by atoms with van der Waals surface area (Å²) in [6, 6.07) is 0.173. The van der Waals surface area contributed by atoms with Gasteiger partial charge in [0, 0.05) is 13.7 Å². The Morgan fingerprint density at radius 2 is 2.27 bits per heavy atom. The summed E-state index contributed by atoms with van der Waals surface area (Å²) in [5.41, 5.74) is 5.19. The summed E-state index contributed by atoms with van der Waals surface area (Å²) >= 11 is 0. The molecule has 15 heavy (non-hydrogen) atoms. The summed E-state index contributed by atoms with van der Waals surface area (Å²) in [4.78, 5) is 13.8. The Morgan fingerprint density at radius 1 is 1.67 bits per heavy atom. The zero-order valence-electron chi connectivity index (χ0n) is 10.1. The first-order valence-corrected chi connectivity index (χ1v) is 5.58. The Hall–Kier alpha value is -0.610. The molecule has 1 heterocycles. The topological polar surface area (TPSA) is 55.6 Å². The normalized spacial score (nSPS) is 29.9. The van der Waals surface area contributed by atoms with Crippen molar-refractivity contribution in [3.05, 3.63) is 0 Å². The van der Waals surface area contributed by atoms with Gasteiger partial charge in [-0.15, -0.1) is 0 Å². The van der Waals surface area contributed by atoms with E-state index in [9.17, 15) is 4.79 Å². The molecule has 1 aliphatic heterocycles. The van der Waals surface area contributed by atoms with Crippen molar-refractivity contribution in [2.75, 3.05) is 13.7 Å². The molecule has 3 unspecified atom stereocenters. The minimum Gasteiger partial charge on any atom is -0.376 e. The van der Waals surface area contributed by atoms with Gasteiger partial charge in [-0.3, -0.25) is 4.79 Å². The molecule has 2 N–H and O–H groups in total. The highest BCUT2D eigenvalue weighted by atomic mass is 16.5. The lowest BCUT2D eigenvalue weighted by molar-refractivity contribution is -0.138. The summed E-state index contributed by atoms with van der Waals surface area (Å²) in [6.45, 7) is 6.45. The number of rotatable bonds is 3. The maximum atomic E-state index is 12.1. The van der Waals surface area contributed by atoms with Gasteiger partial charge in [-0.2, -0.15) is 0 Å². The molecule has 0 aromatic rings. The lowest BCUT2D eigenvalue weighted by Crippen LogP contribution is -2.55. The van der Waals surface area contributed by atoms with Gasteiger partial charge in [-0.1, -0.05) is 6.92 Å². The molecule has 3 atom stereocenters. The summed E-state index contributed by atoms with van der Waals surface area (Å²) in [6.07, 6.45) is 1.67. The van der Waals surface area contributed by atoms with E-state index in [2.05, 4.69) is 0 Å². The number of hydrogen-bond acceptors (Lipinski definition) is 3. The van der Waals surface area contributed by atoms with Crippen LogP contribution in [0.1, 0.15) is 33.6 Å². The van der Waals surface area contributed by atoms with Crippen molar-refractivity contribution in [1.29, 1.82) is 0 Å². The average molecular weight is 214 g/mol. The monoisotopic (exact) mass is 214 g/mol. The standard InChI is InChI=1S/C11H22N2O2/c1-5-11(3,12)10(14)13(4)9-6-7-15-8(9)2/h8-9H,5-7,12H2,1-4H3. The quantitative estimate of drug-likeness (QED) is 0.754. The van der Waals surface area contributed by atoms with Gasteiger partial charge in [0.25, 0.3) is 0 Å². The molecule has 1 amide bonds. The van der Waals surface area contributed by atoms with E-state index in [1.807, 2.05) is 20.9 Å². The zero-order valence-corrected chi connectivity index (χ0v) is 10.1. The fourth-order valence-corrected chi connectivity index (χ4v) is 1.93. The van der Waals surface area contributed by atoms with Gasteiger partial charge < -0.3 is 15.4 Å². The lowest BCUT2D eigenvalue weighted by Gasteiger charge is -2.33. The second kappa shape index (κ2) is 4.49. The first-order chi connectivity index (χ1) is 6.90. The molecule has 0 saturated carbocycles. The fraction of sp³-hybridized carbons (Fsp3) is 0.909. The molecule has 88 valence electrons. The summed E-state index contributed by atoms with van der Waals surface area (Å²) in [7, 11) is 1.82. The second-order valence-electron chi connectivity index (χ2n) is 4.62. The molecule has 0 aromatic heterocycles. The predicted octanol–water partition coefficient (Wildman–Crippen LogP) is 0.750. The van der Waals surface area contributed by atoms with Crippen LogP contribution < -0.4 is 5.73 Å². The van der Waals surface area contributed by atoms with Gasteiger partial charge in [-0.05, 0) is 26.7 Å². The van der Waals surface area contributed by atoms with Gasteiger partial charge >= 0.3 is 0 Å². The number of amides is 1. The largest absolute Gasteiger partial charge is 0.376 e. The number of ether oxygens (including phenoxy) is 1. The van der Waals surface area contributed by atoms with Crippen molar-refractivity contribution in [3.63, 3.8) is 0 Å². The highest BCUT2D eigenvalue weighted by molar-refractivity contribution is 5.85. The van der Waals surface area contributed by atoms with Crippen LogP contribution in [0, 0.1) is 0 Å². The molecule has 0 aromatic carbocycles. The van der Waals surface area contributed by atoms with Gasteiger partial charge in [0.15, 0.2) is 0 Å². The average Bonchev–Trinajstić information content (AvgIpc) is 2.62. The van der Waals surface area contributed by atoms with Crippen LogP contribution in [-0.4, -0.2) is 42.1 Å². The third-order valence-corrected chi connectivity index (χ3v) is 3.38. The third kappa shape index (κ3) is 2.49. The summed E-state index contributed by atoms with van der Waals surface area (Å²) in [5.74, 6) is 0.00681. The number of likely N-dealkylation sites (N-methyl/N-ethyl adjacent to an activating group) is 1. The molecule has 4 nitrogen and oxygen atoms in total. The van der Waals surface area contributed by atoms with Crippen LogP contribution in [0.4, 0.5) is 0 Å². The molecule has 1 aliphatic rings. The number of nitrogens with zero attached hydrogens (tertiary/aromatic N) is 1. The van der Waals surface area contributed by atoms with Crippen LogP contribution in [0.5, 0.6) is 0 Å². The first-order valence-electron chi connectivity index (χ1n) is 5.58. The minimum absolute atomic E-state index is 0.00681. The maximum absolute atomic E-state index is 12.1. The van der Waals surface area contributed by atoms with E-state index in [4.69, 9.17) is 10.5 Å². The van der Waals surface area contributed by atoms with E-state index in [0.29, 0.717) is 6.42 Å². The molecule has 0 radical (unpaired) electrons. The van der Waals surface area contributed by atoms with E-state index in [0.717, 1.165) is 13.0 Å². The zero-order chi connectivity index (χ0) is 11.6. The molecular formula is C11H22N2O2. The first kappa shape index (κ1) is 12.5. The van der Waals surface area contributed by atoms with Crippen LogP contribution in [0.2, 0.25) is 0 Å². The number of nitrogens with two attached hydrogens (primary N) is 1. The van der Waals surface area contributed by atoms with Gasteiger partial charge in [0.1, 0.15) is 0 Å². The smallest absolute Gasteiger partial charge is 0.242 e. The number of carbonyl (C=O) groups is 1. The van der Waals surface area contributed by atoms with Gasteiger partial charge in [0.2, 0.25) is 5.91 Å². The molecule has 4 heteroatoms. The molecule has 0 spiro atoms. The van der Waals surface area contributed by atoms with Crippen molar-refractivity contribution in [2.24, 2.45) is 5.73 Å². The lowest BCUT2D eigenvalue weighted by atomic mass is 9.97. The highest BCUT2D eigenvalue weighted by Crippen LogP contribution is 2.21. The Morgan fingerprint density at radius 3 is 2.67 bits per heavy atom. The second-order valence-corrected chi connectivity index (χ2v) is 4.62. The maximum Gasteiger partial charge on any atom is 0.242 e. The number of carbonyl (C=O) groups excluding carboxylic acids is 1. The Balaban J connectivity index is 2.67. The molecule has 1 fully saturated rings. The van der Waals surface area contributed by atoms with Crippen molar-refractivity contribution >= 4 is 5.91 Å². The minimum atomic E-state index is -0.753. The third-order valence-electron chi connectivity index (χ3n) is 3.38. The van der Waals surface area contributed by atoms with Crippen molar-refractivity contribution in [3.8, 4) is 0 Å². The molecule has 0 bridgehead atoms. The van der Waals surface area contributed by atoms with Gasteiger partial charge in [0.05, 0.1) is 17.7 Å². The Kier molecular flexibility index (Phi) is 3.73. The summed E-state index contributed by atoms with van der Waals surface area (Å²) in [5, 5.41) is 0. The highest BCUT2D eigenvalue weighted by Gasteiger charge is 2.36. The van der Waals surface area contributed by atoms with Gasteiger partial charge in [-0.25, -0.2) is 0 Å². The van der Waals surface area contributed by atoms with Crippen LogP contribution in [-0.2, 0) is 9.53 Å². The predicted molar refractivity (Wildman–Crippen MR) is 59.5 cm³/mol. The van der Waals surface area contributed by atoms with Crippen LogP contribution >= 0.6 is 0 Å². The fourth-order valence-electron chi connectivity index (χ4n) is 1.93. The Labute approximate surface area is 91.8 Å².